The van der Waals surface area contributed by atoms with Gasteiger partial charge in [0, 0.05) is 23.0 Å². The lowest BCUT2D eigenvalue weighted by atomic mass is 9.83. The Hall–Kier alpha value is -3.38. The highest BCUT2D eigenvalue weighted by atomic mass is 35.5. The second-order valence-corrected chi connectivity index (χ2v) is 7.11. The zero-order valence-corrected chi connectivity index (χ0v) is 18.0. The number of benzene rings is 2. The van der Waals surface area contributed by atoms with Crippen LogP contribution in [0.3, 0.4) is 0 Å². The molecule has 0 aliphatic carbocycles. The van der Waals surface area contributed by atoms with Crippen LogP contribution in [-0.4, -0.2) is 36.0 Å². The molecule has 0 N–H and O–H groups in total. The Balaban J connectivity index is 2.13. The van der Waals surface area contributed by atoms with Gasteiger partial charge in [-0.2, -0.15) is 0 Å². The molecule has 0 saturated carbocycles. The minimum absolute atomic E-state index is 0.151. The van der Waals surface area contributed by atoms with Gasteiger partial charge in [0.05, 0.1) is 30.3 Å². The summed E-state index contributed by atoms with van der Waals surface area (Å²) in [4.78, 5) is 40.0. The van der Waals surface area contributed by atoms with Crippen molar-refractivity contribution in [3.63, 3.8) is 0 Å². The monoisotopic (exact) mass is 439 g/mol. The predicted octanol–water partition coefficient (Wildman–Crippen LogP) is 4.47. The molecule has 0 atom stereocenters. The first-order valence-corrected chi connectivity index (χ1v) is 10.2. The molecule has 7 heteroatoms. The molecule has 6 nitrogen and oxygen atoms in total. The number of hydrogen-bond acceptors (Lipinski definition) is 5. The molecule has 31 heavy (non-hydrogen) atoms. The molecule has 1 aliphatic rings. The molecule has 160 valence electrons. The fraction of sp³-hybridized carbons (Fsp3) is 0.208. The molecule has 2 aromatic carbocycles. The summed E-state index contributed by atoms with van der Waals surface area (Å²) in [5.74, 6) is -2.41. The van der Waals surface area contributed by atoms with Crippen molar-refractivity contribution in [2.75, 3.05) is 13.2 Å². The highest BCUT2D eigenvalue weighted by Gasteiger charge is 2.36. The first-order valence-electron chi connectivity index (χ1n) is 9.87. The van der Waals surface area contributed by atoms with E-state index in [2.05, 4.69) is 0 Å². The van der Waals surface area contributed by atoms with Gasteiger partial charge in [-0.3, -0.25) is 9.69 Å². The van der Waals surface area contributed by atoms with E-state index in [1.807, 2.05) is 18.2 Å². The maximum Gasteiger partial charge on any atom is 0.336 e. The molecule has 0 spiro atoms. The topological polar surface area (TPSA) is 72.9 Å². The number of rotatable bonds is 6. The molecule has 1 aliphatic heterocycles. The Morgan fingerprint density at radius 2 is 1.45 bits per heavy atom. The summed E-state index contributed by atoms with van der Waals surface area (Å²) < 4.78 is 10.5. The summed E-state index contributed by atoms with van der Waals surface area (Å²) in [7, 11) is 0. The Bertz CT molecular complexity index is 1010. The molecule has 0 unspecified atom stereocenters. The lowest BCUT2D eigenvalue weighted by molar-refractivity contribution is -0.139. The van der Waals surface area contributed by atoms with E-state index in [4.69, 9.17) is 21.1 Å². The quantitative estimate of drug-likeness (QED) is 0.621. The Labute approximate surface area is 185 Å². The standard InChI is InChI=1S/C24H22ClNO5/c1-3-30-23(28)19-14-26(22(27)17-11-8-12-18(25)13-17)15-20(24(29)31-4-2)21(19)16-9-6-5-7-10-16/h5-15,21H,3-4H2,1-2H3. The maximum absolute atomic E-state index is 13.1. The van der Waals surface area contributed by atoms with Gasteiger partial charge in [-0.05, 0) is 37.6 Å². The van der Waals surface area contributed by atoms with Crippen LogP contribution in [0.25, 0.3) is 0 Å². The number of carbonyl (C=O) groups excluding carboxylic acids is 3. The van der Waals surface area contributed by atoms with E-state index >= 15 is 0 Å². The molecule has 0 fully saturated rings. The van der Waals surface area contributed by atoms with Crippen LogP contribution in [0.5, 0.6) is 0 Å². The molecular weight excluding hydrogens is 418 g/mol. The summed E-state index contributed by atoms with van der Waals surface area (Å²) in [6.07, 6.45) is 2.81. The number of halogens is 1. The first kappa shape index (κ1) is 22.3. The van der Waals surface area contributed by atoms with Crippen molar-refractivity contribution in [2.24, 2.45) is 0 Å². The van der Waals surface area contributed by atoms with Gasteiger partial charge in [0.1, 0.15) is 0 Å². The van der Waals surface area contributed by atoms with Crippen LogP contribution < -0.4 is 0 Å². The van der Waals surface area contributed by atoms with Gasteiger partial charge in [-0.15, -0.1) is 0 Å². The van der Waals surface area contributed by atoms with Crippen molar-refractivity contribution in [3.8, 4) is 0 Å². The van der Waals surface area contributed by atoms with Crippen LogP contribution in [-0.2, 0) is 19.1 Å². The number of hydrogen-bond donors (Lipinski definition) is 0. The molecular formula is C24H22ClNO5. The van der Waals surface area contributed by atoms with E-state index in [1.165, 1.54) is 23.4 Å². The SMILES string of the molecule is CCOC(=O)C1=CN(C(=O)c2cccc(Cl)c2)C=C(C(=O)OCC)C1c1ccccc1. The van der Waals surface area contributed by atoms with Crippen LogP contribution in [0.2, 0.25) is 5.02 Å². The summed E-state index contributed by atoms with van der Waals surface area (Å²) >= 11 is 6.02. The lowest BCUT2D eigenvalue weighted by Gasteiger charge is -2.29. The third kappa shape index (κ3) is 5.03. The normalized spacial score (nSPS) is 13.8. The van der Waals surface area contributed by atoms with Crippen molar-refractivity contribution in [2.45, 2.75) is 19.8 Å². The van der Waals surface area contributed by atoms with Crippen LogP contribution in [0.4, 0.5) is 0 Å². The molecule has 1 amide bonds. The van der Waals surface area contributed by atoms with Gasteiger partial charge < -0.3 is 9.47 Å². The minimum atomic E-state index is -0.734. The van der Waals surface area contributed by atoms with Gasteiger partial charge in [0.15, 0.2) is 0 Å². The minimum Gasteiger partial charge on any atom is -0.463 e. The third-order valence-electron chi connectivity index (χ3n) is 4.64. The molecule has 0 aromatic heterocycles. The third-order valence-corrected chi connectivity index (χ3v) is 4.87. The number of nitrogens with zero attached hydrogens (tertiary/aromatic N) is 1. The summed E-state index contributed by atoms with van der Waals surface area (Å²) in [5.41, 5.74) is 1.34. The second-order valence-electron chi connectivity index (χ2n) is 6.68. The summed E-state index contributed by atoms with van der Waals surface area (Å²) in [5, 5.41) is 0.397. The molecule has 0 bridgehead atoms. The molecule has 0 saturated heterocycles. The lowest BCUT2D eigenvalue weighted by Crippen LogP contribution is -2.32. The molecule has 1 heterocycles. The van der Waals surface area contributed by atoms with E-state index < -0.39 is 23.8 Å². The molecule has 3 rings (SSSR count). The van der Waals surface area contributed by atoms with Gasteiger partial charge in [-0.25, -0.2) is 9.59 Å². The predicted molar refractivity (Wildman–Crippen MR) is 116 cm³/mol. The van der Waals surface area contributed by atoms with Gasteiger partial charge in [-0.1, -0.05) is 48.0 Å². The molecule has 2 aromatic rings. The Kier molecular flexibility index (Phi) is 7.26. The fourth-order valence-electron chi connectivity index (χ4n) is 3.32. The van der Waals surface area contributed by atoms with Gasteiger partial charge in [0.2, 0.25) is 0 Å². The second kappa shape index (κ2) is 10.1. The van der Waals surface area contributed by atoms with Crippen molar-refractivity contribution in [1.82, 2.24) is 4.90 Å². The highest BCUT2D eigenvalue weighted by molar-refractivity contribution is 6.31. The maximum atomic E-state index is 13.1. The number of carbonyl (C=O) groups is 3. The van der Waals surface area contributed by atoms with E-state index in [0.29, 0.717) is 16.1 Å². The van der Waals surface area contributed by atoms with Crippen LogP contribution >= 0.6 is 11.6 Å². The highest BCUT2D eigenvalue weighted by Crippen LogP contribution is 2.37. The van der Waals surface area contributed by atoms with Crippen molar-refractivity contribution >= 4 is 29.4 Å². The largest absolute Gasteiger partial charge is 0.463 e. The first-order chi connectivity index (χ1) is 15.0. The number of ether oxygens (including phenoxy) is 2. The average Bonchev–Trinajstić information content (AvgIpc) is 2.78. The smallest absolute Gasteiger partial charge is 0.336 e. The summed E-state index contributed by atoms with van der Waals surface area (Å²) in [6.45, 7) is 3.68. The van der Waals surface area contributed by atoms with Crippen molar-refractivity contribution in [1.29, 1.82) is 0 Å². The van der Waals surface area contributed by atoms with Crippen LogP contribution in [0, 0.1) is 0 Å². The van der Waals surface area contributed by atoms with E-state index in [-0.39, 0.29) is 24.4 Å². The van der Waals surface area contributed by atoms with Gasteiger partial charge in [0.25, 0.3) is 5.91 Å². The Morgan fingerprint density at radius 1 is 0.871 bits per heavy atom. The number of amides is 1. The zero-order chi connectivity index (χ0) is 22.4. The average molecular weight is 440 g/mol. The van der Waals surface area contributed by atoms with E-state index in [0.717, 1.165) is 0 Å². The fourth-order valence-corrected chi connectivity index (χ4v) is 3.51. The van der Waals surface area contributed by atoms with Gasteiger partial charge >= 0.3 is 11.9 Å². The van der Waals surface area contributed by atoms with E-state index in [1.54, 1.807) is 44.2 Å². The van der Waals surface area contributed by atoms with Crippen LogP contribution in [0.1, 0.15) is 35.7 Å². The van der Waals surface area contributed by atoms with Crippen molar-refractivity contribution in [3.05, 3.63) is 94.3 Å². The van der Waals surface area contributed by atoms with E-state index in [9.17, 15) is 14.4 Å². The Morgan fingerprint density at radius 3 is 1.97 bits per heavy atom. The van der Waals surface area contributed by atoms with Crippen molar-refractivity contribution < 1.29 is 23.9 Å². The zero-order valence-electron chi connectivity index (χ0n) is 17.2. The number of esters is 2. The molecule has 0 radical (unpaired) electrons. The summed E-state index contributed by atoms with van der Waals surface area (Å²) in [6, 6.07) is 15.5. The van der Waals surface area contributed by atoms with Crippen LogP contribution in [0.15, 0.2) is 78.1 Å².